The molecule has 36 heavy (non-hydrogen) atoms. The first-order chi connectivity index (χ1) is 17.3. The van der Waals surface area contributed by atoms with Gasteiger partial charge in [0.2, 0.25) is 5.92 Å². The van der Waals surface area contributed by atoms with E-state index in [9.17, 15) is 18.7 Å². The zero-order chi connectivity index (χ0) is 26.0. The largest absolute Gasteiger partial charge is 0.389 e. The smallest absolute Gasteiger partial charge is 0.317 e. The number of carbonyl (C=O) groups excluding carboxylic acids is 1. The molecule has 1 aliphatic heterocycles. The number of ether oxygens (including phenoxy) is 1. The Morgan fingerprint density at radius 3 is 2.44 bits per heavy atom. The molecule has 1 saturated heterocycles. The van der Waals surface area contributed by atoms with Crippen LogP contribution in [0.25, 0.3) is 0 Å². The minimum atomic E-state index is -2.53. The van der Waals surface area contributed by atoms with Crippen LogP contribution in [0.15, 0.2) is 0 Å². The Labute approximate surface area is 217 Å². The van der Waals surface area contributed by atoms with Gasteiger partial charge in [-0.05, 0) is 83.1 Å². The molecule has 0 aromatic rings. The number of rotatable bonds is 12. The number of nitrogens with zero attached hydrogens (tertiary/aromatic N) is 1. The summed E-state index contributed by atoms with van der Waals surface area (Å²) in [5, 5.41) is 18.5. The third kappa shape index (κ3) is 8.52. The summed E-state index contributed by atoms with van der Waals surface area (Å²) in [6, 6.07) is -0.155. The molecule has 2 aliphatic carbocycles. The van der Waals surface area contributed by atoms with Crippen molar-refractivity contribution in [3.05, 3.63) is 0 Å². The van der Waals surface area contributed by atoms with Crippen molar-refractivity contribution in [3.63, 3.8) is 0 Å². The molecule has 3 atom stereocenters. The molecule has 3 aliphatic rings. The Kier molecular flexibility index (Phi) is 11.7. The average molecular weight is 516 g/mol. The molecule has 2 amide bonds. The second-order valence-corrected chi connectivity index (χ2v) is 11.8. The Morgan fingerprint density at radius 2 is 1.78 bits per heavy atom. The molecule has 1 heterocycles. The number of amides is 2. The summed E-state index contributed by atoms with van der Waals surface area (Å²) in [6.45, 7) is 2.63. The summed E-state index contributed by atoms with van der Waals surface area (Å²) < 4.78 is 32.4. The molecule has 0 aromatic heterocycles. The summed E-state index contributed by atoms with van der Waals surface area (Å²) in [5.74, 6) is -1.91. The van der Waals surface area contributed by atoms with Gasteiger partial charge in [0.25, 0.3) is 0 Å². The number of likely N-dealkylation sites (tertiary alicyclic amines) is 1. The van der Waals surface area contributed by atoms with E-state index < -0.39 is 11.5 Å². The Balaban J connectivity index is 1.60. The highest BCUT2D eigenvalue weighted by Crippen LogP contribution is 2.43. The minimum absolute atomic E-state index is 0.0458. The number of hydrogen-bond donors (Lipinski definition) is 3. The van der Waals surface area contributed by atoms with Crippen LogP contribution in [0, 0.1) is 17.8 Å². The molecule has 0 spiro atoms. The van der Waals surface area contributed by atoms with Crippen molar-refractivity contribution in [2.24, 2.45) is 17.8 Å². The molecule has 2 saturated carbocycles. The van der Waals surface area contributed by atoms with E-state index in [4.69, 9.17) is 4.74 Å². The fourth-order valence-electron chi connectivity index (χ4n) is 7.01. The second-order valence-electron chi connectivity index (χ2n) is 11.8. The molecule has 0 aromatic carbocycles. The van der Waals surface area contributed by atoms with Gasteiger partial charge in [-0.2, -0.15) is 0 Å². The number of piperidine rings is 1. The van der Waals surface area contributed by atoms with Crippen LogP contribution in [0.4, 0.5) is 13.6 Å². The lowest BCUT2D eigenvalue weighted by atomic mass is 9.66. The van der Waals surface area contributed by atoms with Crippen LogP contribution >= 0.6 is 0 Å². The summed E-state index contributed by atoms with van der Waals surface area (Å²) in [6.07, 6.45) is 12.0. The number of halogens is 2. The van der Waals surface area contributed by atoms with Crippen molar-refractivity contribution < 1.29 is 23.4 Å². The highest BCUT2D eigenvalue weighted by atomic mass is 19.3. The summed E-state index contributed by atoms with van der Waals surface area (Å²) in [7, 11) is 3.58. The van der Waals surface area contributed by atoms with Gasteiger partial charge in [-0.3, -0.25) is 0 Å². The van der Waals surface area contributed by atoms with E-state index in [1.807, 2.05) is 11.9 Å². The topological polar surface area (TPSA) is 73.8 Å². The Bertz CT molecular complexity index is 652. The van der Waals surface area contributed by atoms with E-state index >= 15 is 0 Å². The van der Waals surface area contributed by atoms with E-state index in [1.54, 1.807) is 7.11 Å². The summed E-state index contributed by atoms with van der Waals surface area (Å²) in [5.41, 5.74) is -0.731. The van der Waals surface area contributed by atoms with Crippen LogP contribution < -0.4 is 10.6 Å². The zero-order valence-corrected chi connectivity index (χ0v) is 22.7. The molecular formula is C28H51F2N3O3. The highest BCUT2D eigenvalue weighted by Gasteiger charge is 2.45. The molecule has 3 fully saturated rings. The van der Waals surface area contributed by atoms with E-state index in [1.165, 1.54) is 19.3 Å². The molecule has 6 nitrogen and oxygen atoms in total. The standard InChI is InChI=1S/C28H51F2N3O3/c1-31-20-25(19-22-12-15-27(29,30)16-13-22)32-26(34)33-17-8-11-24(21-33)28(35,14-6-7-18-36-2)23-9-4-3-5-10-23/h22-25,31,35H,3-21H2,1-2H3,(H,32,34)/t24-,25?,28-/m1/s1. The van der Waals surface area contributed by atoms with Gasteiger partial charge in [-0.15, -0.1) is 0 Å². The first kappa shape index (κ1) is 29.6. The van der Waals surface area contributed by atoms with E-state index in [2.05, 4.69) is 10.6 Å². The van der Waals surface area contributed by atoms with Crippen LogP contribution in [0.1, 0.15) is 96.3 Å². The van der Waals surface area contributed by atoms with Crippen molar-refractivity contribution >= 4 is 6.03 Å². The lowest BCUT2D eigenvalue weighted by Crippen LogP contribution is -2.56. The quantitative estimate of drug-likeness (QED) is 0.307. The Hall–Kier alpha value is -0.990. The molecule has 0 radical (unpaired) electrons. The van der Waals surface area contributed by atoms with Gasteiger partial charge >= 0.3 is 6.03 Å². The third-order valence-corrected chi connectivity index (χ3v) is 9.14. The van der Waals surface area contributed by atoms with E-state index in [-0.39, 0.29) is 36.8 Å². The first-order valence-electron chi connectivity index (χ1n) is 14.6. The predicted octanol–water partition coefficient (Wildman–Crippen LogP) is 5.34. The number of unbranched alkanes of at least 4 members (excludes halogenated alkanes) is 1. The van der Waals surface area contributed by atoms with Gasteiger partial charge in [-0.1, -0.05) is 19.3 Å². The number of likely N-dealkylation sites (N-methyl/N-ethyl adjacent to an activating group) is 1. The van der Waals surface area contributed by atoms with E-state index in [0.29, 0.717) is 45.0 Å². The van der Waals surface area contributed by atoms with Crippen LogP contribution in [-0.4, -0.2) is 74.0 Å². The van der Waals surface area contributed by atoms with Crippen molar-refractivity contribution in [1.29, 1.82) is 0 Å². The summed E-state index contributed by atoms with van der Waals surface area (Å²) in [4.78, 5) is 15.2. The van der Waals surface area contributed by atoms with Crippen LogP contribution in [-0.2, 0) is 4.74 Å². The fraction of sp³-hybridized carbons (Fsp3) is 0.964. The van der Waals surface area contributed by atoms with Gasteiger partial charge in [0, 0.05) is 58.2 Å². The van der Waals surface area contributed by atoms with Crippen molar-refractivity contribution in [2.45, 2.75) is 114 Å². The number of carbonyl (C=O) groups is 1. The maximum atomic E-state index is 13.6. The van der Waals surface area contributed by atoms with Crippen LogP contribution in [0.2, 0.25) is 0 Å². The second kappa shape index (κ2) is 14.2. The molecule has 1 unspecified atom stereocenters. The average Bonchev–Trinajstić information content (AvgIpc) is 2.88. The summed E-state index contributed by atoms with van der Waals surface area (Å²) >= 11 is 0. The molecule has 0 bridgehead atoms. The number of methoxy groups -OCH3 is 1. The molecule has 3 N–H and O–H groups in total. The number of alkyl halides is 2. The number of aliphatic hydroxyl groups is 1. The Morgan fingerprint density at radius 1 is 1.08 bits per heavy atom. The van der Waals surface area contributed by atoms with Crippen molar-refractivity contribution in [1.82, 2.24) is 15.5 Å². The van der Waals surface area contributed by atoms with Crippen LogP contribution in [0.3, 0.4) is 0 Å². The molecule has 8 heteroatoms. The van der Waals surface area contributed by atoms with Gasteiger partial charge in [0.15, 0.2) is 0 Å². The number of nitrogens with one attached hydrogen (secondary N) is 2. The number of hydrogen-bond acceptors (Lipinski definition) is 4. The van der Waals surface area contributed by atoms with Crippen molar-refractivity contribution in [3.8, 4) is 0 Å². The van der Waals surface area contributed by atoms with Gasteiger partial charge in [0.1, 0.15) is 0 Å². The maximum Gasteiger partial charge on any atom is 0.317 e. The number of urea groups is 1. The van der Waals surface area contributed by atoms with E-state index in [0.717, 1.165) is 51.4 Å². The molecule has 210 valence electrons. The van der Waals surface area contributed by atoms with Crippen molar-refractivity contribution in [2.75, 3.05) is 40.4 Å². The van der Waals surface area contributed by atoms with Gasteiger partial charge < -0.3 is 25.4 Å². The fourth-order valence-corrected chi connectivity index (χ4v) is 7.01. The first-order valence-corrected chi connectivity index (χ1v) is 14.6. The van der Waals surface area contributed by atoms with Gasteiger partial charge in [0.05, 0.1) is 5.60 Å². The molecule has 3 rings (SSSR count). The van der Waals surface area contributed by atoms with Gasteiger partial charge in [-0.25, -0.2) is 13.6 Å². The zero-order valence-electron chi connectivity index (χ0n) is 22.7. The SMILES string of the molecule is CNCC(CC1CCC(F)(F)CC1)NC(=O)N1CCC[C@@H]([C@@](O)(CCCCOC)C2CCCCC2)C1. The minimum Gasteiger partial charge on any atom is -0.389 e. The normalized spacial score (nSPS) is 26.4. The van der Waals surface area contributed by atoms with Crippen LogP contribution in [0.5, 0.6) is 0 Å². The lowest BCUT2D eigenvalue weighted by molar-refractivity contribution is -0.104. The monoisotopic (exact) mass is 515 g/mol. The maximum absolute atomic E-state index is 13.6. The molecular weight excluding hydrogens is 464 g/mol. The lowest BCUT2D eigenvalue weighted by Gasteiger charge is -2.48. The third-order valence-electron chi connectivity index (χ3n) is 9.14. The highest BCUT2D eigenvalue weighted by molar-refractivity contribution is 5.74. The predicted molar refractivity (Wildman–Crippen MR) is 139 cm³/mol.